The molecule has 0 saturated heterocycles. The Morgan fingerprint density at radius 3 is 1.72 bits per heavy atom. The Balaban J connectivity index is 1.22. The highest BCUT2D eigenvalue weighted by Crippen LogP contribution is 2.59. The Morgan fingerprint density at radius 2 is 1.00 bits per heavy atom. The van der Waals surface area contributed by atoms with Gasteiger partial charge in [-0.1, -0.05) is 159 Å². The molecule has 0 N–H and O–H groups in total. The molecular weight excluding hydrogens is 671 g/mol. The van der Waals surface area contributed by atoms with Crippen LogP contribution >= 0.6 is 11.3 Å². The van der Waals surface area contributed by atoms with Gasteiger partial charge in [0.2, 0.25) is 0 Å². The summed E-state index contributed by atoms with van der Waals surface area (Å²) in [5.41, 5.74) is 16.2. The molecule has 0 aliphatic heterocycles. The molecule has 1 heterocycles. The fourth-order valence-electron chi connectivity index (χ4n) is 9.87. The van der Waals surface area contributed by atoms with Crippen molar-refractivity contribution in [1.29, 1.82) is 0 Å². The minimum atomic E-state index is -0.480. The number of hydrogen-bond acceptors (Lipinski definition) is 2. The molecule has 0 unspecified atom stereocenters. The number of rotatable bonds is 5. The van der Waals surface area contributed by atoms with Crippen LogP contribution < -0.4 is 4.90 Å². The number of fused-ring (bicyclic) bond motifs is 9. The molecule has 0 atom stereocenters. The summed E-state index contributed by atoms with van der Waals surface area (Å²) in [4.78, 5) is 2.48. The summed E-state index contributed by atoms with van der Waals surface area (Å²) in [6.07, 6.45) is 0. The summed E-state index contributed by atoms with van der Waals surface area (Å²) >= 11 is 1.90. The average Bonchev–Trinajstić information content (AvgIpc) is 3.83. The minimum Gasteiger partial charge on any atom is -0.310 e. The Bertz CT molecular complexity index is 2870. The van der Waals surface area contributed by atoms with Crippen LogP contribution in [-0.4, -0.2) is 0 Å². The Morgan fingerprint density at radius 1 is 0.426 bits per heavy atom. The average molecular weight is 708 g/mol. The monoisotopic (exact) mass is 707 g/mol. The van der Waals surface area contributed by atoms with Crippen molar-refractivity contribution in [2.24, 2.45) is 0 Å². The zero-order chi connectivity index (χ0) is 36.0. The van der Waals surface area contributed by atoms with Crippen molar-refractivity contribution < 1.29 is 0 Å². The maximum Gasteiger partial charge on any atom is 0.0720 e. The normalized spacial score (nSPS) is 14.4. The van der Waals surface area contributed by atoms with Crippen LogP contribution in [0, 0.1) is 0 Å². The molecule has 1 aromatic heterocycles. The first-order chi connectivity index (χ1) is 26.6. The number of thiophene rings is 1. The highest BCUT2D eigenvalue weighted by atomic mass is 32.1. The van der Waals surface area contributed by atoms with Gasteiger partial charge in [0.15, 0.2) is 0 Å². The van der Waals surface area contributed by atoms with E-state index < -0.39 is 5.41 Å². The van der Waals surface area contributed by atoms with Crippen molar-refractivity contribution in [1.82, 2.24) is 0 Å². The van der Waals surface area contributed by atoms with Crippen LogP contribution in [0.5, 0.6) is 0 Å². The Kier molecular flexibility index (Phi) is 6.75. The number of benzene rings is 8. The number of para-hydroxylation sites is 1. The standard InChI is InChI=1S/C52H37NS/c1-51(2)41-24-12-11-23-39(41)49-44(51)27-15-29-46(49)53(35-19-7-4-8-20-35)36-31-32-47-40(33-36)50-45(28-16-30-48(50)54-47)52(34-17-5-3-6-18-34)42-25-13-9-21-37(42)38-22-10-14-26-43(38)52/h3-33H,1-2H3. The van der Waals surface area contributed by atoms with Crippen LogP contribution in [0.3, 0.4) is 0 Å². The van der Waals surface area contributed by atoms with Gasteiger partial charge in [-0.15, -0.1) is 11.3 Å². The lowest BCUT2D eigenvalue weighted by Crippen LogP contribution is -2.28. The van der Waals surface area contributed by atoms with E-state index in [1.807, 2.05) is 11.3 Å². The molecule has 0 amide bonds. The molecule has 2 aliphatic carbocycles. The van der Waals surface area contributed by atoms with E-state index >= 15 is 0 Å². The van der Waals surface area contributed by atoms with Gasteiger partial charge in [-0.25, -0.2) is 0 Å². The molecule has 0 bridgehead atoms. The molecule has 8 aromatic carbocycles. The van der Waals surface area contributed by atoms with Crippen molar-refractivity contribution in [3.05, 3.63) is 221 Å². The van der Waals surface area contributed by atoms with Crippen LogP contribution in [0.2, 0.25) is 0 Å². The first-order valence-electron chi connectivity index (χ1n) is 18.9. The van der Waals surface area contributed by atoms with E-state index in [1.54, 1.807) is 0 Å². The summed E-state index contributed by atoms with van der Waals surface area (Å²) in [5, 5.41) is 2.61. The summed E-state index contributed by atoms with van der Waals surface area (Å²) < 4.78 is 2.60. The summed E-state index contributed by atoms with van der Waals surface area (Å²) in [7, 11) is 0. The zero-order valence-electron chi connectivity index (χ0n) is 30.3. The second-order valence-corrected chi connectivity index (χ2v) is 16.3. The topological polar surface area (TPSA) is 3.24 Å². The lowest BCUT2D eigenvalue weighted by Gasteiger charge is -2.34. The molecule has 256 valence electrons. The largest absolute Gasteiger partial charge is 0.310 e. The van der Waals surface area contributed by atoms with Gasteiger partial charge in [0, 0.05) is 42.5 Å². The van der Waals surface area contributed by atoms with Crippen LogP contribution in [-0.2, 0) is 10.8 Å². The molecule has 11 rings (SSSR count). The van der Waals surface area contributed by atoms with Gasteiger partial charge >= 0.3 is 0 Å². The van der Waals surface area contributed by atoms with Gasteiger partial charge in [-0.3, -0.25) is 0 Å². The van der Waals surface area contributed by atoms with E-state index in [0.29, 0.717) is 0 Å². The molecule has 0 spiro atoms. The third-order valence-corrected chi connectivity index (χ3v) is 13.3. The molecule has 9 aromatic rings. The highest BCUT2D eigenvalue weighted by Gasteiger charge is 2.47. The van der Waals surface area contributed by atoms with Gasteiger partial charge in [0.1, 0.15) is 0 Å². The summed E-state index contributed by atoms with van der Waals surface area (Å²) in [6, 6.07) is 70.1. The molecule has 2 aliphatic rings. The van der Waals surface area contributed by atoms with E-state index in [2.05, 4.69) is 207 Å². The lowest BCUT2D eigenvalue weighted by molar-refractivity contribution is 0.660. The summed E-state index contributed by atoms with van der Waals surface area (Å²) in [5.74, 6) is 0. The highest BCUT2D eigenvalue weighted by molar-refractivity contribution is 7.25. The van der Waals surface area contributed by atoms with E-state index in [4.69, 9.17) is 0 Å². The van der Waals surface area contributed by atoms with Gasteiger partial charge in [0.25, 0.3) is 0 Å². The maximum absolute atomic E-state index is 2.48. The molecule has 54 heavy (non-hydrogen) atoms. The zero-order valence-corrected chi connectivity index (χ0v) is 31.1. The van der Waals surface area contributed by atoms with Crippen molar-refractivity contribution in [3.63, 3.8) is 0 Å². The van der Waals surface area contributed by atoms with Crippen LogP contribution in [0.25, 0.3) is 42.4 Å². The van der Waals surface area contributed by atoms with Crippen LogP contribution in [0.15, 0.2) is 188 Å². The molecule has 0 radical (unpaired) electrons. The quantitative estimate of drug-likeness (QED) is 0.172. The first kappa shape index (κ1) is 31.3. The number of nitrogens with zero attached hydrogens (tertiary/aromatic N) is 1. The first-order valence-corrected chi connectivity index (χ1v) is 19.7. The third-order valence-electron chi connectivity index (χ3n) is 12.1. The van der Waals surface area contributed by atoms with Crippen LogP contribution in [0.1, 0.15) is 47.2 Å². The smallest absolute Gasteiger partial charge is 0.0720 e. The van der Waals surface area contributed by atoms with E-state index in [0.717, 1.165) is 11.4 Å². The molecule has 1 nitrogen and oxygen atoms in total. The van der Waals surface area contributed by atoms with Crippen LogP contribution in [0.4, 0.5) is 17.1 Å². The van der Waals surface area contributed by atoms with Crippen molar-refractivity contribution >= 4 is 48.6 Å². The lowest BCUT2D eigenvalue weighted by atomic mass is 9.66. The fraction of sp³-hybridized carbons (Fsp3) is 0.0769. The third kappa shape index (κ3) is 4.20. The van der Waals surface area contributed by atoms with Gasteiger partial charge in [-0.05, 0) is 92.5 Å². The van der Waals surface area contributed by atoms with Gasteiger partial charge in [0.05, 0.1) is 11.1 Å². The second kappa shape index (κ2) is 11.6. The molecule has 0 saturated carbocycles. The van der Waals surface area contributed by atoms with E-state index in [1.165, 1.54) is 81.5 Å². The Hall–Kier alpha value is -6.22. The minimum absolute atomic E-state index is 0.0909. The van der Waals surface area contributed by atoms with Crippen molar-refractivity contribution in [3.8, 4) is 22.3 Å². The van der Waals surface area contributed by atoms with Crippen molar-refractivity contribution in [2.45, 2.75) is 24.7 Å². The molecule has 2 heteroatoms. The predicted octanol–water partition coefficient (Wildman–Crippen LogP) is 14.2. The number of anilines is 3. The second-order valence-electron chi connectivity index (χ2n) is 15.2. The van der Waals surface area contributed by atoms with Gasteiger partial charge < -0.3 is 4.90 Å². The SMILES string of the molecule is CC1(C)c2ccccc2-c2c(N(c3ccccc3)c3ccc4sc5cccc(C6(c7ccccc7)c7ccccc7-c7ccccc76)c5c4c3)cccc21. The van der Waals surface area contributed by atoms with E-state index in [-0.39, 0.29) is 5.41 Å². The van der Waals surface area contributed by atoms with E-state index in [9.17, 15) is 0 Å². The maximum atomic E-state index is 2.48. The Labute approximate surface area is 320 Å². The van der Waals surface area contributed by atoms with Gasteiger partial charge in [-0.2, -0.15) is 0 Å². The fourth-order valence-corrected chi connectivity index (χ4v) is 11.0. The molecule has 0 fully saturated rings. The molecular formula is C52H37NS. The number of hydrogen-bond donors (Lipinski definition) is 0. The van der Waals surface area contributed by atoms with Crippen molar-refractivity contribution in [2.75, 3.05) is 4.90 Å². The predicted molar refractivity (Wildman–Crippen MR) is 229 cm³/mol. The summed E-state index contributed by atoms with van der Waals surface area (Å²) in [6.45, 7) is 4.72.